The molecule has 1 aliphatic heterocycles. The van der Waals surface area contributed by atoms with Crippen molar-refractivity contribution in [3.63, 3.8) is 0 Å². The molecule has 1 amide bonds. The number of benzene rings is 1. The van der Waals surface area contributed by atoms with Crippen molar-refractivity contribution in [3.05, 3.63) is 28.8 Å². The Morgan fingerprint density at radius 1 is 1.32 bits per heavy atom. The molecule has 2 rings (SSSR count). The fraction of sp³-hybridized carbons (Fsp3) is 0.500. The van der Waals surface area contributed by atoms with E-state index in [1.165, 1.54) is 30.2 Å². The van der Waals surface area contributed by atoms with Gasteiger partial charge in [-0.15, -0.1) is 0 Å². The number of ether oxygens (including phenoxy) is 1. The summed E-state index contributed by atoms with van der Waals surface area (Å²) < 4.78 is 41.8. The summed E-state index contributed by atoms with van der Waals surface area (Å²) in [6, 6.07) is 4.35. The normalized spacial score (nSPS) is 16.5. The van der Waals surface area contributed by atoms with Crippen LogP contribution in [0, 0.1) is 5.92 Å². The zero-order valence-corrected chi connectivity index (χ0v) is 14.3. The van der Waals surface area contributed by atoms with E-state index in [4.69, 9.17) is 11.6 Å². The van der Waals surface area contributed by atoms with Crippen LogP contribution in [0.15, 0.2) is 18.2 Å². The topological polar surface area (TPSA) is 58.6 Å². The summed E-state index contributed by atoms with van der Waals surface area (Å²) in [6.45, 7) is -0.560. The lowest BCUT2D eigenvalue weighted by Crippen LogP contribution is -2.42. The van der Waals surface area contributed by atoms with Crippen molar-refractivity contribution in [3.8, 4) is 0 Å². The van der Waals surface area contributed by atoms with Crippen LogP contribution in [0.1, 0.15) is 23.2 Å². The quantitative estimate of drug-likeness (QED) is 0.816. The third-order valence-corrected chi connectivity index (χ3v) is 4.34. The number of esters is 1. The summed E-state index contributed by atoms with van der Waals surface area (Å²) in [7, 11) is 1.24. The highest BCUT2D eigenvalue weighted by atomic mass is 35.5. The van der Waals surface area contributed by atoms with E-state index in [0.29, 0.717) is 12.8 Å². The number of nitrogens with zero attached hydrogens (tertiary/aromatic N) is 1. The van der Waals surface area contributed by atoms with Gasteiger partial charge in [0.2, 0.25) is 5.91 Å². The van der Waals surface area contributed by atoms with E-state index in [2.05, 4.69) is 10.1 Å². The van der Waals surface area contributed by atoms with E-state index in [9.17, 15) is 22.8 Å². The number of hydrogen-bond donors (Lipinski definition) is 1. The van der Waals surface area contributed by atoms with Crippen LogP contribution < -0.4 is 5.32 Å². The van der Waals surface area contributed by atoms with Gasteiger partial charge in [0, 0.05) is 5.92 Å². The Balaban J connectivity index is 1.96. The van der Waals surface area contributed by atoms with Crippen molar-refractivity contribution in [2.45, 2.75) is 19.0 Å². The summed E-state index contributed by atoms with van der Waals surface area (Å²) in [5, 5.41) is 2.90. The molecule has 1 fully saturated rings. The number of nitrogens with one attached hydrogen (secondary N) is 1. The van der Waals surface area contributed by atoms with Gasteiger partial charge in [-0.3, -0.25) is 9.69 Å². The summed E-state index contributed by atoms with van der Waals surface area (Å²) >= 11 is 6.02. The molecule has 1 aliphatic rings. The van der Waals surface area contributed by atoms with Gasteiger partial charge in [0.25, 0.3) is 0 Å². The number of carbonyl (C=O) groups excluding carboxylic acids is 2. The number of likely N-dealkylation sites (tertiary alicyclic amines) is 1. The standard InChI is InChI=1S/C16H18ClF3N2O3/c1-25-15(24)11-2-3-12(17)13(8-11)21-14(23)10-4-6-22(7-5-10)9-16(18,19)20/h2-3,8,10H,4-7,9H2,1H3,(H,21,23). The first-order chi connectivity index (χ1) is 11.7. The van der Waals surface area contributed by atoms with Crippen LogP contribution in [-0.4, -0.2) is 49.7 Å². The van der Waals surface area contributed by atoms with Gasteiger partial charge in [-0.05, 0) is 44.1 Å². The number of halogens is 4. The van der Waals surface area contributed by atoms with E-state index in [1.807, 2.05) is 0 Å². The van der Waals surface area contributed by atoms with Gasteiger partial charge in [0.1, 0.15) is 0 Å². The number of alkyl halides is 3. The second-order valence-corrected chi connectivity index (χ2v) is 6.25. The maximum atomic E-state index is 12.4. The number of rotatable bonds is 4. The Hall–Kier alpha value is -1.80. The van der Waals surface area contributed by atoms with E-state index < -0.39 is 24.6 Å². The molecule has 1 saturated heterocycles. The summed E-state index contributed by atoms with van der Waals surface area (Å²) in [5.74, 6) is -1.29. The third kappa shape index (κ3) is 5.61. The SMILES string of the molecule is COC(=O)c1ccc(Cl)c(NC(=O)C2CCN(CC(F)(F)F)CC2)c1. The molecular formula is C16H18ClF3N2O3. The van der Waals surface area contributed by atoms with Gasteiger partial charge in [-0.1, -0.05) is 11.6 Å². The molecule has 1 N–H and O–H groups in total. The van der Waals surface area contributed by atoms with Gasteiger partial charge >= 0.3 is 12.1 Å². The molecule has 25 heavy (non-hydrogen) atoms. The first-order valence-corrected chi connectivity index (χ1v) is 8.05. The van der Waals surface area contributed by atoms with Crippen LogP contribution in [0.4, 0.5) is 18.9 Å². The van der Waals surface area contributed by atoms with Crippen molar-refractivity contribution in [1.82, 2.24) is 4.90 Å². The van der Waals surface area contributed by atoms with E-state index >= 15 is 0 Å². The molecule has 0 spiro atoms. The Kier molecular flexibility index (Phi) is 6.29. The predicted molar refractivity (Wildman–Crippen MR) is 86.6 cm³/mol. The van der Waals surface area contributed by atoms with Crippen molar-refractivity contribution < 1.29 is 27.5 Å². The van der Waals surface area contributed by atoms with Crippen LogP contribution in [0.5, 0.6) is 0 Å². The van der Waals surface area contributed by atoms with Gasteiger partial charge in [0.15, 0.2) is 0 Å². The Labute approximate surface area is 148 Å². The minimum atomic E-state index is -4.24. The monoisotopic (exact) mass is 378 g/mol. The van der Waals surface area contributed by atoms with Crippen molar-refractivity contribution in [1.29, 1.82) is 0 Å². The summed E-state index contributed by atoms with van der Waals surface area (Å²) in [5.41, 5.74) is 0.509. The molecule has 5 nitrogen and oxygen atoms in total. The van der Waals surface area contributed by atoms with Crippen LogP contribution >= 0.6 is 11.6 Å². The minimum Gasteiger partial charge on any atom is -0.465 e. The first-order valence-electron chi connectivity index (χ1n) is 7.67. The number of anilines is 1. The molecule has 0 aromatic heterocycles. The summed E-state index contributed by atoms with van der Waals surface area (Å²) in [4.78, 5) is 25.2. The van der Waals surface area contributed by atoms with Gasteiger partial charge < -0.3 is 10.1 Å². The maximum absolute atomic E-state index is 12.4. The van der Waals surface area contributed by atoms with Gasteiger partial charge in [-0.25, -0.2) is 4.79 Å². The molecule has 0 aliphatic carbocycles. The number of piperidine rings is 1. The molecular weight excluding hydrogens is 361 g/mol. The van der Waals surface area contributed by atoms with Crippen molar-refractivity contribution in [2.24, 2.45) is 5.92 Å². The Morgan fingerprint density at radius 3 is 2.52 bits per heavy atom. The van der Waals surface area contributed by atoms with Gasteiger partial charge in [-0.2, -0.15) is 13.2 Å². The molecule has 0 saturated carbocycles. The predicted octanol–water partition coefficient (Wildman–Crippen LogP) is 3.34. The maximum Gasteiger partial charge on any atom is 0.401 e. The number of carbonyl (C=O) groups is 2. The number of amides is 1. The smallest absolute Gasteiger partial charge is 0.401 e. The molecule has 0 unspecified atom stereocenters. The largest absolute Gasteiger partial charge is 0.465 e. The van der Waals surface area contributed by atoms with Crippen LogP contribution in [0.25, 0.3) is 0 Å². The molecule has 0 atom stereocenters. The highest BCUT2D eigenvalue weighted by molar-refractivity contribution is 6.33. The first kappa shape index (κ1) is 19.5. The molecule has 1 aromatic rings. The molecule has 0 radical (unpaired) electrons. The third-order valence-electron chi connectivity index (χ3n) is 4.01. The molecule has 9 heteroatoms. The second-order valence-electron chi connectivity index (χ2n) is 5.84. The minimum absolute atomic E-state index is 0.202. The van der Waals surface area contributed by atoms with Gasteiger partial charge in [0.05, 0.1) is 29.9 Å². The zero-order valence-electron chi connectivity index (χ0n) is 13.5. The lowest BCUT2D eigenvalue weighted by Gasteiger charge is -2.31. The Bertz CT molecular complexity index is 644. The van der Waals surface area contributed by atoms with E-state index in [0.717, 1.165) is 0 Å². The fourth-order valence-corrected chi connectivity index (χ4v) is 2.87. The average Bonchev–Trinajstić information content (AvgIpc) is 2.55. The Morgan fingerprint density at radius 2 is 1.96 bits per heavy atom. The van der Waals surface area contributed by atoms with Crippen LogP contribution in [0.2, 0.25) is 5.02 Å². The summed E-state index contributed by atoms with van der Waals surface area (Å²) in [6.07, 6.45) is -3.58. The highest BCUT2D eigenvalue weighted by Gasteiger charge is 2.34. The van der Waals surface area contributed by atoms with E-state index in [1.54, 1.807) is 0 Å². The second kappa shape index (κ2) is 8.05. The van der Waals surface area contributed by atoms with Crippen molar-refractivity contribution in [2.75, 3.05) is 32.1 Å². The highest BCUT2D eigenvalue weighted by Crippen LogP contribution is 2.27. The zero-order chi connectivity index (χ0) is 18.6. The molecule has 1 aromatic carbocycles. The number of methoxy groups -OCH3 is 1. The average molecular weight is 379 g/mol. The lowest BCUT2D eigenvalue weighted by atomic mass is 9.95. The number of hydrogen-bond acceptors (Lipinski definition) is 4. The lowest BCUT2D eigenvalue weighted by molar-refractivity contribution is -0.149. The van der Waals surface area contributed by atoms with E-state index in [-0.39, 0.29) is 35.3 Å². The fourth-order valence-electron chi connectivity index (χ4n) is 2.71. The van der Waals surface area contributed by atoms with Crippen LogP contribution in [-0.2, 0) is 9.53 Å². The van der Waals surface area contributed by atoms with Crippen molar-refractivity contribution >= 4 is 29.2 Å². The molecule has 1 heterocycles. The molecule has 138 valence electrons. The molecule has 0 bridgehead atoms. The van der Waals surface area contributed by atoms with Crippen LogP contribution in [0.3, 0.4) is 0 Å².